The molecule has 3 heterocycles. The van der Waals surface area contributed by atoms with E-state index >= 15 is 0 Å². The van der Waals surface area contributed by atoms with E-state index in [1.54, 1.807) is 24.2 Å². The Labute approximate surface area is 191 Å². The highest BCUT2D eigenvalue weighted by molar-refractivity contribution is 7.99. The van der Waals surface area contributed by atoms with E-state index in [9.17, 15) is 4.79 Å². The zero-order chi connectivity index (χ0) is 21.8. The number of carbonyl (C=O) groups is 1. The average Bonchev–Trinajstić information content (AvgIpc) is 3.42. The third kappa shape index (κ3) is 4.84. The molecule has 1 saturated heterocycles. The largest absolute Gasteiger partial charge is 0.351 e. The summed E-state index contributed by atoms with van der Waals surface area (Å²) in [5.41, 5.74) is 4.23. The molecule has 0 spiro atoms. The van der Waals surface area contributed by atoms with Crippen molar-refractivity contribution in [2.75, 3.05) is 6.54 Å². The lowest BCUT2D eigenvalue weighted by Gasteiger charge is -2.23. The van der Waals surface area contributed by atoms with Gasteiger partial charge < -0.3 is 10.3 Å². The fourth-order valence-corrected chi connectivity index (χ4v) is 5.35. The smallest absolute Gasteiger partial charge is 0.237 e. The van der Waals surface area contributed by atoms with Gasteiger partial charge in [-0.3, -0.25) is 14.7 Å². The molecule has 1 aliphatic rings. The van der Waals surface area contributed by atoms with Crippen molar-refractivity contribution in [1.29, 1.82) is 0 Å². The molecule has 2 atom stereocenters. The summed E-state index contributed by atoms with van der Waals surface area (Å²) in [6, 6.07) is 22.1. The van der Waals surface area contributed by atoms with E-state index in [4.69, 9.17) is 4.98 Å². The molecule has 0 unspecified atom stereocenters. The number of aromatic nitrogens is 3. The number of likely N-dealkylation sites (tertiary alicyclic amines) is 1. The molecule has 162 valence electrons. The van der Waals surface area contributed by atoms with Crippen LogP contribution in [-0.4, -0.2) is 43.6 Å². The van der Waals surface area contributed by atoms with Crippen molar-refractivity contribution in [3.63, 3.8) is 0 Å². The zero-order valence-corrected chi connectivity index (χ0v) is 18.5. The predicted octanol–water partition coefficient (Wildman–Crippen LogP) is 4.01. The molecule has 0 aliphatic carbocycles. The van der Waals surface area contributed by atoms with Gasteiger partial charge in [0.1, 0.15) is 0 Å². The third-order valence-electron chi connectivity index (χ3n) is 5.73. The van der Waals surface area contributed by atoms with Gasteiger partial charge in [0.15, 0.2) is 5.16 Å². The van der Waals surface area contributed by atoms with Crippen molar-refractivity contribution in [3.05, 3.63) is 90.3 Å². The molecule has 0 bridgehead atoms. The van der Waals surface area contributed by atoms with E-state index in [2.05, 4.69) is 32.3 Å². The first kappa shape index (κ1) is 20.7. The van der Waals surface area contributed by atoms with Crippen LogP contribution in [0.1, 0.15) is 17.5 Å². The summed E-state index contributed by atoms with van der Waals surface area (Å²) in [7, 11) is 0. The summed E-state index contributed by atoms with van der Waals surface area (Å²) < 4.78 is 0. The maximum Gasteiger partial charge on any atom is 0.237 e. The van der Waals surface area contributed by atoms with Crippen LogP contribution < -0.4 is 5.32 Å². The van der Waals surface area contributed by atoms with Crippen LogP contribution in [0.5, 0.6) is 0 Å². The van der Waals surface area contributed by atoms with Crippen LogP contribution in [0.2, 0.25) is 0 Å². The fraction of sp³-hybridized carbons (Fsp3) is 0.240. The van der Waals surface area contributed by atoms with Crippen LogP contribution >= 0.6 is 11.8 Å². The molecular weight excluding hydrogens is 418 g/mol. The molecule has 1 amide bonds. The van der Waals surface area contributed by atoms with E-state index in [-0.39, 0.29) is 17.2 Å². The van der Waals surface area contributed by atoms with Crippen molar-refractivity contribution < 1.29 is 4.79 Å². The standard InChI is InChI=1S/C25H25N5OS/c31-24(27-15-19-9-6-12-26-14-19)23-13-20(17-30(23)16-18-7-2-1-3-8-18)32-25-28-21-10-4-5-11-22(21)29-25/h1-12,14,20,23H,13,15-17H2,(H,27,31)(H,28,29)/t20-,23+/m1/s1. The van der Waals surface area contributed by atoms with Crippen LogP contribution in [-0.2, 0) is 17.9 Å². The van der Waals surface area contributed by atoms with E-state index < -0.39 is 0 Å². The summed E-state index contributed by atoms with van der Waals surface area (Å²) in [6.07, 6.45) is 4.31. The second-order valence-corrected chi connectivity index (χ2v) is 9.33. The Bertz CT molecular complexity index is 1150. The van der Waals surface area contributed by atoms with Gasteiger partial charge >= 0.3 is 0 Å². The van der Waals surface area contributed by atoms with Gasteiger partial charge in [0.05, 0.1) is 17.1 Å². The number of benzene rings is 2. The van der Waals surface area contributed by atoms with Crippen LogP contribution in [0.4, 0.5) is 0 Å². The molecule has 2 N–H and O–H groups in total. The maximum atomic E-state index is 13.2. The molecule has 1 aliphatic heterocycles. The lowest BCUT2D eigenvalue weighted by atomic mass is 10.1. The molecule has 2 aromatic carbocycles. The predicted molar refractivity (Wildman–Crippen MR) is 127 cm³/mol. The Balaban J connectivity index is 1.29. The first-order valence-electron chi connectivity index (χ1n) is 10.8. The van der Waals surface area contributed by atoms with E-state index in [0.29, 0.717) is 6.54 Å². The number of nitrogens with one attached hydrogen (secondary N) is 2. The molecule has 32 heavy (non-hydrogen) atoms. The average molecular weight is 444 g/mol. The molecule has 0 radical (unpaired) electrons. The summed E-state index contributed by atoms with van der Waals surface area (Å²) in [6.45, 7) is 2.08. The zero-order valence-electron chi connectivity index (χ0n) is 17.6. The highest BCUT2D eigenvalue weighted by atomic mass is 32.2. The van der Waals surface area contributed by atoms with Crippen LogP contribution in [0, 0.1) is 0 Å². The summed E-state index contributed by atoms with van der Waals surface area (Å²) in [5.74, 6) is 0.0671. The number of fused-ring (bicyclic) bond motifs is 1. The topological polar surface area (TPSA) is 73.9 Å². The number of hydrogen-bond donors (Lipinski definition) is 2. The number of nitrogens with zero attached hydrogens (tertiary/aromatic N) is 3. The highest BCUT2D eigenvalue weighted by Crippen LogP contribution is 2.33. The van der Waals surface area contributed by atoms with Crippen LogP contribution in [0.3, 0.4) is 0 Å². The molecule has 7 heteroatoms. The lowest BCUT2D eigenvalue weighted by molar-refractivity contribution is -0.125. The number of aromatic amines is 1. The quantitative estimate of drug-likeness (QED) is 0.452. The number of para-hydroxylation sites is 2. The van der Waals surface area contributed by atoms with Gasteiger partial charge in [0.2, 0.25) is 5.91 Å². The van der Waals surface area contributed by atoms with Crippen molar-refractivity contribution in [3.8, 4) is 0 Å². The molecule has 4 aromatic rings. The van der Waals surface area contributed by atoms with Gasteiger partial charge in [-0.15, -0.1) is 0 Å². The maximum absolute atomic E-state index is 13.2. The monoisotopic (exact) mass is 443 g/mol. The summed E-state index contributed by atoms with van der Waals surface area (Å²) in [4.78, 5) is 27.7. The first-order chi connectivity index (χ1) is 15.7. The Kier molecular flexibility index (Phi) is 6.18. The van der Waals surface area contributed by atoms with E-state index in [1.165, 1.54) is 5.56 Å². The SMILES string of the molecule is O=C(NCc1cccnc1)[C@@H]1C[C@@H](Sc2nc3ccccc3[nH]2)CN1Cc1ccccc1. The Morgan fingerprint density at radius 1 is 1.06 bits per heavy atom. The molecule has 0 saturated carbocycles. The number of thioether (sulfide) groups is 1. The Hall–Kier alpha value is -3.16. The molecule has 5 rings (SSSR count). The van der Waals surface area contributed by atoms with Gasteiger partial charge in [0.25, 0.3) is 0 Å². The van der Waals surface area contributed by atoms with Crippen molar-refractivity contribution in [2.45, 2.75) is 36.0 Å². The number of carbonyl (C=O) groups excluding carboxylic acids is 1. The van der Waals surface area contributed by atoms with Crippen molar-refractivity contribution in [2.24, 2.45) is 0 Å². The van der Waals surface area contributed by atoms with E-state index in [0.717, 1.165) is 41.3 Å². The van der Waals surface area contributed by atoms with Crippen LogP contribution in [0.15, 0.2) is 84.3 Å². The molecule has 2 aromatic heterocycles. The van der Waals surface area contributed by atoms with Crippen LogP contribution in [0.25, 0.3) is 11.0 Å². The van der Waals surface area contributed by atoms with Gasteiger partial charge in [-0.25, -0.2) is 4.98 Å². The van der Waals surface area contributed by atoms with Gasteiger partial charge in [-0.05, 0) is 35.7 Å². The number of H-pyrrole nitrogens is 1. The van der Waals surface area contributed by atoms with Gasteiger partial charge in [-0.2, -0.15) is 0 Å². The number of rotatable bonds is 7. The van der Waals surface area contributed by atoms with Gasteiger partial charge in [0, 0.05) is 37.3 Å². The number of pyridine rings is 1. The first-order valence-corrected chi connectivity index (χ1v) is 11.7. The van der Waals surface area contributed by atoms with Crippen molar-refractivity contribution in [1.82, 2.24) is 25.2 Å². The minimum Gasteiger partial charge on any atom is -0.351 e. The fourth-order valence-electron chi connectivity index (χ4n) is 4.17. The minimum absolute atomic E-state index is 0.0671. The second-order valence-electron chi connectivity index (χ2n) is 8.04. The number of imidazole rings is 1. The minimum atomic E-state index is -0.172. The summed E-state index contributed by atoms with van der Waals surface area (Å²) >= 11 is 1.73. The highest BCUT2D eigenvalue weighted by Gasteiger charge is 2.37. The summed E-state index contributed by atoms with van der Waals surface area (Å²) in [5, 5.41) is 4.30. The van der Waals surface area contributed by atoms with E-state index in [1.807, 2.05) is 54.6 Å². The third-order valence-corrected chi connectivity index (χ3v) is 6.82. The number of hydrogen-bond acceptors (Lipinski definition) is 5. The Morgan fingerprint density at radius 2 is 1.88 bits per heavy atom. The normalized spacial score (nSPS) is 18.8. The van der Waals surface area contributed by atoms with Gasteiger partial charge in [-0.1, -0.05) is 60.3 Å². The molecular formula is C25H25N5OS. The van der Waals surface area contributed by atoms with Crippen molar-refractivity contribution >= 4 is 28.7 Å². The number of amides is 1. The lowest BCUT2D eigenvalue weighted by Crippen LogP contribution is -2.42. The second kappa shape index (κ2) is 9.54. The molecule has 6 nitrogen and oxygen atoms in total. The Morgan fingerprint density at radius 3 is 2.69 bits per heavy atom. The molecule has 1 fully saturated rings.